The molecule has 0 aliphatic heterocycles. The number of carbonyl (C=O) groups excluding carboxylic acids is 1. The fourth-order valence-corrected chi connectivity index (χ4v) is 4.82. The molecule has 0 radical (unpaired) electrons. The summed E-state index contributed by atoms with van der Waals surface area (Å²) < 4.78 is 1.76. The van der Waals surface area contributed by atoms with Crippen molar-refractivity contribution in [2.75, 3.05) is 5.32 Å². The number of carbonyl (C=O) groups is 1. The normalized spacial score (nSPS) is 10.9. The van der Waals surface area contributed by atoms with Gasteiger partial charge in [-0.2, -0.15) is 0 Å². The van der Waals surface area contributed by atoms with Crippen molar-refractivity contribution >= 4 is 65.7 Å². The van der Waals surface area contributed by atoms with Gasteiger partial charge in [-0.15, -0.1) is 11.3 Å². The quantitative estimate of drug-likeness (QED) is 0.326. The van der Waals surface area contributed by atoms with Crippen molar-refractivity contribution in [2.45, 2.75) is 6.92 Å². The average Bonchev–Trinajstić information content (AvgIpc) is 3.09. The number of hydrogen-bond donors (Lipinski definition) is 1. The van der Waals surface area contributed by atoms with Gasteiger partial charge in [0.2, 0.25) is 0 Å². The van der Waals surface area contributed by atoms with E-state index in [9.17, 15) is 4.79 Å². The van der Waals surface area contributed by atoms with Crippen LogP contribution in [-0.2, 0) is 0 Å². The third-order valence-electron chi connectivity index (χ3n) is 4.13. The van der Waals surface area contributed by atoms with Crippen LogP contribution in [0.15, 0.2) is 69.6 Å². The van der Waals surface area contributed by atoms with Gasteiger partial charge in [-0.1, -0.05) is 34.1 Å². The lowest BCUT2D eigenvalue weighted by atomic mass is 10.1. The molecule has 0 atom stereocenters. The van der Waals surface area contributed by atoms with Crippen molar-refractivity contribution in [1.82, 2.24) is 4.98 Å². The van der Waals surface area contributed by atoms with Crippen LogP contribution in [0.4, 0.5) is 5.69 Å². The summed E-state index contributed by atoms with van der Waals surface area (Å²) in [7, 11) is 0. The van der Waals surface area contributed by atoms with Gasteiger partial charge in [0.25, 0.3) is 5.91 Å². The van der Waals surface area contributed by atoms with Crippen LogP contribution in [0.25, 0.3) is 21.5 Å². The molecule has 2 heterocycles. The third-order valence-corrected chi connectivity index (χ3v) is 6.31. The Bertz CT molecular complexity index is 1170. The Kier molecular flexibility index (Phi) is 5.12. The summed E-state index contributed by atoms with van der Waals surface area (Å²) in [5, 5.41) is 3.83. The lowest BCUT2D eigenvalue weighted by Gasteiger charge is -2.11. The van der Waals surface area contributed by atoms with Crippen molar-refractivity contribution in [3.05, 3.63) is 80.0 Å². The molecule has 1 N–H and O–H groups in total. The molecule has 0 aliphatic carbocycles. The van der Waals surface area contributed by atoms with Gasteiger partial charge in [-0.25, -0.2) is 4.98 Å². The number of aromatic nitrogens is 1. The van der Waals surface area contributed by atoms with E-state index in [4.69, 9.17) is 4.98 Å². The molecule has 4 aromatic rings. The fourth-order valence-electron chi connectivity index (χ4n) is 2.84. The summed E-state index contributed by atoms with van der Waals surface area (Å²) >= 11 is 8.59. The van der Waals surface area contributed by atoms with Crippen LogP contribution < -0.4 is 5.32 Å². The van der Waals surface area contributed by atoms with Crippen molar-refractivity contribution in [3.63, 3.8) is 0 Å². The first-order chi connectivity index (χ1) is 13.0. The molecule has 3 nitrogen and oxygen atoms in total. The van der Waals surface area contributed by atoms with Gasteiger partial charge < -0.3 is 5.32 Å². The van der Waals surface area contributed by atoms with E-state index in [-0.39, 0.29) is 5.91 Å². The molecule has 0 bridgehead atoms. The van der Waals surface area contributed by atoms with Gasteiger partial charge in [-0.05, 0) is 65.3 Å². The zero-order valence-corrected chi connectivity index (χ0v) is 18.3. The zero-order valence-electron chi connectivity index (χ0n) is 14.3. The number of anilines is 1. The number of hydrogen-bond acceptors (Lipinski definition) is 3. The molecule has 1 amide bonds. The summed E-state index contributed by atoms with van der Waals surface area (Å²) in [5.41, 5.74) is 2.95. The van der Waals surface area contributed by atoms with E-state index in [1.54, 1.807) is 11.3 Å². The van der Waals surface area contributed by atoms with Crippen LogP contribution in [-0.4, -0.2) is 10.9 Å². The maximum Gasteiger partial charge on any atom is 0.256 e. The van der Waals surface area contributed by atoms with E-state index in [0.29, 0.717) is 5.56 Å². The summed E-state index contributed by atoms with van der Waals surface area (Å²) in [5.74, 6) is -0.161. The van der Waals surface area contributed by atoms with E-state index < -0.39 is 0 Å². The lowest BCUT2D eigenvalue weighted by Crippen LogP contribution is -2.13. The van der Waals surface area contributed by atoms with Crippen molar-refractivity contribution < 1.29 is 4.79 Å². The van der Waals surface area contributed by atoms with Crippen LogP contribution in [0.1, 0.15) is 15.2 Å². The van der Waals surface area contributed by atoms with Gasteiger partial charge >= 0.3 is 0 Å². The van der Waals surface area contributed by atoms with Crippen LogP contribution in [0.5, 0.6) is 0 Å². The highest BCUT2D eigenvalue weighted by atomic mass is 79.9. The minimum absolute atomic E-state index is 0.161. The smallest absolute Gasteiger partial charge is 0.256 e. The maximum absolute atomic E-state index is 13.1. The van der Waals surface area contributed by atoms with E-state index in [1.165, 1.54) is 4.88 Å². The van der Waals surface area contributed by atoms with Crippen LogP contribution in [0, 0.1) is 6.92 Å². The number of benzene rings is 2. The first kappa shape index (κ1) is 18.3. The van der Waals surface area contributed by atoms with E-state index in [2.05, 4.69) is 50.2 Å². The van der Waals surface area contributed by atoms with Crippen LogP contribution in [0.2, 0.25) is 0 Å². The van der Waals surface area contributed by atoms with Crippen molar-refractivity contribution in [1.29, 1.82) is 0 Å². The molecular formula is C21H14Br2N2OS. The molecule has 0 unspecified atom stereocenters. The summed E-state index contributed by atoms with van der Waals surface area (Å²) in [4.78, 5) is 20.1. The highest BCUT2D eigenvalue weighted by molar-refractivity contribution is 9.11. The second kappa shape index (κ2) is 7.54. The summed E-state index contributed by atoms with van der Waals surface area (Å²) in [6.07, 6.45) is 0. The fraction of sp³-hybridized carbons (Fsp3) is 0.0476. The van der Waals surface area contributed by atoms with Gasteiger partial charge in [0.05, 0.1) is 27.3 Å². The minimum atomic E-state index is -0.161. The van der Waals surface area contributed by atoms with Crippen LogP contribution in [0.3, 0.4) is 0 Å². The molecule has 0 fully saturated rings. The Morgan fingerprint density at radius 3 is 2.59 bits per heavy atom. The second-order valence-electron chi connectivity index (χ2n) is 6.06. The molecule has 0 saturated carbocycles. The molecule has 2 aromatic carbocycles. The maximum atomic E-state index is 13.1. The number of rotatable bonds is 3. The number of nitrogens with zero attached hydrogens (tertiary/aromatic N) is 1. The zero-order chi connectivity index (χ0) is 19.0. The number of nitrogens with one attached hydrogen (secondary N) is 1. The summed E-state index contributed by atoms with van der Waals surface area (Å²) in [6.45, 7) is 2.06. The SMILES string of the molecule is Cc1ccc(-c2cc(C(=O)Nc3ccc(Br)cc3Br)c3ccccc3n2)s1. The van der Waals surface area contributed by atoms with Crippen molar-refractivity contribution in [2.24, 2.45) is 0 Å². The van der Waals surface area contributed by atoms with Crippen molar-refractivity contribution in [3.8, 4) is 10.6 Å². The van der Waals surface area contributed by atoms with Gasteiger partial charge in [-0.3, -0.25) is 4.79 Å². The highest BCUT2D eigenvalue weighted by Crippen LogP contribution is 2.31. The number of halogens is 2. The number of amides is 1. The topological polar surface area (TPSA) is 42.0 Å². The molecule has 27 heavy (non-hydrogen) atoms. The van der Waals surface area contributed by atoms with E-state index >= 15 is 0 Å². The monoisotopic (exact) mass is 500 g/mol. The second-order valence-corrected chi connectivity index (χ2v) is 9.12. The molecule has 4 rings (SSSR count). The van der Waals surface area contributed by atoms with Gasteiger partial charge in [0.1, 0.15) is 0 Å². The first-order valence-corrected chi connectivity index (χ1v) is 10.6. The largest absolute Gasteiger partial charge is 0.321 e. The predicted molar refractivity (Wildman–Crippen MR) is 120 cm³/mol. The average molecular weight is 502 g/mol. The number of aryl methyl sites for hydroxylation is 1. The Balaban J connectivity index is 1.80. The molecule has 0 spiro atoms. The first-order valence-electron chi connectivity index (χ1n) is 8.24. The van der Waals surface area contributed by atoms with E-state index in [0.717, 1.165) is 36.1 Å². The summed E-state index contributed by atoms with van der Waals surface area (Å²) in [6, 6.07) is 19.4. The Labute approximate surface area is 177 Å². The molecule has 2 aromatic heterocycles. The highest BCUT2D eigenvalue weighted by Gasteiger charge is 2.16. The third kappa shape index (κ3) is 3.83. The minimum Gasteiger partial charge on any atom is -0.321 e. The number of fused-ring (bicyclic) bond motifs is 1. The number of para-hydroxylation sites is 1. The number of thiophene rings is 1. The standard InChI is InChI=1S/C21H14Br2N2OS/c1-12-6-9-20(27-12)19-11-15(14-4-2-3-5-17(14)24-19)21(26)25-18-8-7-13(22)10-16(18)23/h2-11H,1H3,(H,25,26). The van der Waals surface area contributed by atoms with Crippen LogP contribution >= 0.6 is 43.2 Å². The van der Waals surface area contributed by atoms with E-state index in [1.807, 2.05) is 54.6 Å². The molecule has 0 saturated heterocycles. The lowest BCUT2D eigenvalue weighted by molar-refractivity contribution is 0.102. The number of pyridine rings is 1. The Morgan fingerprint density at radius 1 is 1.04 bits per heavy atom. The molecule has 134 valence electrons. The Hall–Kier alpha value is -2.02. The van der Waals surface area contributed by atoms with Gasteiger partial charge in [0, 0.05) is 19.2 Å². The Morgan fingerprint density at radius 2 is 1.85 bits per heavy atom. The molecule has 0 aliphatic rings. The van der Waals surface area contributed by atoms with Gasteiger partial charge in [0.15, 0.2) is 0 Å². The predicted octanol–water partition coefficient (Wildman–Crippen LogP) is 7.05. The molecular weight excluding hydrogens is 488 g/mol. The molecule has 6 heteroatoms.